The minimum Gasteiger partial charge on any atom is -0.342 e. The van der Waals surface area contributed by atoms with E-state index < -0.39 is 0 Å². The summed E-state index contributed by atoms with van der Waals surface area (Å²) in [7, 11) is 0. The number of rotatable bonds is 4. The first-order valence-electron chi connectivity index (χ1n) is 8.63. The molecule has 2 amide bonds. The molecule has 0 aromatic heterocycles. The molecule has 1 heterocycles. The van der Waals surface area contributed by atoms with Crippen molar-refractivity contribution in [2.75, 3.05) is 0 Å². The minimum atomic E-state index is -0.334. The summed E-state index contributed by atoms with van der Waals surface area (Å²) in [5, 5.41) is 2.97. The second-order valence-electron chi connectivity index (χ2n) is 6.87. The largest absolute Gasteiger partial charge is 0.342 e. The molecule has 1 saturated heterocycles. The quantitative estimate of drug-likeness (QED) is 0.866. The van der Waals surface area contributed by atoms with Crippen molar-refractivity contribution in [3.8, 4) is 0 Å². The van der Waals surface area contributed by atoms with Gasteiger partial charge in [0.15, 0.2) is 0 Å². The summed E-state index contributed by atoms with van der Waals surface area (Å²) in [5.74, 6) is 0.885. The van der Waals surface area contributed by atoms with Gasteiger partial charge < -0.3 is 10.2 Å². The fourth-order valence-electron chi connectivity index (χ4n) is 3.86. The number of amides is 2. The summed E-state index contributed by atoms with van der Waals surface area (Å²) < 4.78 is 0. The standard InChI is InChI=1S/C17H30N2O2/c1-5-11(3)15-17(21)19(13(6-2)16(20)18-15)14-10-8-7-9-12(14)4/h11-15H,5-10H2,1-4H3,(H,18,20). The molecule has 1 N–H and O–H groups in total. The lowest BCUT2D eigenvalue weighted by Gasteiger charge is -2.47. The van der Waals surface area contributed by atoms with Crippen molar-refractivity contribution in [1.29, 1.82) is 0 Å². The molecule has 2 fully saturated rings. The van der Waals surface area contributed by atoms with Gasteiger partial charge in [-0.3, -0.25) is 9.59 Å². The van der Waals surface area contributed by atoms with E-state index in [1.54, 1.807) is 0 Å². The highest BCUT2D eigenvalue weighted by Crippen LogP contribution is 2.32. The van der Waals surface area contributed by atoms with E-state index >= 15 is 0 Å². The van der Waals surface area contributed by atoms with Crippen molar-refractivity contribution < 1.29 is 9.59 Å². The van der Waals surface area contributed by atoms with Crippen LogP contribution in [0.15, 0.2) is 0 Å². The third-order valence-corrected chi connectivity index (χ3v) is 5.48. The van der Waals surface area contributed by atoms with Gasteiger partial charge in [0, 0.05) is 6.04 Å². The Bertz CT molecular complexity index is 396. The van der Waals surface area contributed by atoms with E-state index in [1.165, 1.54) is 19.3 Å². The Hall–Kier alpha value is -1.06. The minimum absolute atomic E-state index is 0.0418. The molecule has 4 nitrogen and oxygen atoms in total. The van der Waals surface area contributed by atoms with Crippen LogP contribution in [0.1, 0.15) is 66.2 Å². The summed E-state index contributed by atoms with van der Waals surface area (Å²) in [6.07, 6.45) is 6.24. The molecule has 5 atom stereocenters. The molecule has 120 valence electrons. The van der Waals surface area contributed by atoms with E-state index in [0.29, 0.717) is 12.3 Å². The first kappa shape index (κ1) is 16.3. The lowest BCUT2D eigenvalue weighted by molar-refractivity contribution is -0.156. The van der Waals surface area contributed by atoms with Crippen molar-refractivity contribution in [2.45, 2.75) is 84.3 Å². The van der Waals surface area contributed by atoms with Gasteiger partial charge in [-0.25, -0.2) is 0 Å². The Kier molecular flexibility index (Phi) is 5.28. The topological polar surface area (TPSA) is 49.4 Å². The summed E-state index contributed by atoms with van der Waals surface area (Å²) in [6.45, 7) is 8.36. The number of piperazine rings is 1. The van der Waals surface area contributed by atoms with Gasteiger partial charge in [0.25, 0.3) is 0 Å². The lowest BCUT2D eigenvalue weighted by Crippen LogP contribution is -2.68. The fraction of sp³-hybridized carbons (Fsp3) is 0.882. The van der Waals surface area contributed by atoms with Crippen molar-refractivity contribution in [2.24, 2.45) is 11.8 Å². The molecule has 5 unspecified atom stereocenters. The van der Waals surface area contributed by atoms with Crippen molar-refractivity contribution in [3.63, 3.8) is 0 Å². The predicted octanol–water partition coefficient (Wildman–Crippen LogP) is 2.72. The summed E-state index contributed by atoms with van der Waals surface area (Å²) in [4.78, 5) is 27.4. The van der Waals surface area contributed by atoms with Crippen LogP contribution >= 0.6 is 0 Å². The number of carbonyl (C=O) groups is 2. The van der Waals surface area contributed by atoms with Crippen molar-refractivity contribution in [3.05, 3.63) is 0 Å². The van der Waals surface area contributed by atoms with E-state index in [9.17, 15) is 9.59 Å². The van der Waals surface area contributed by atoms with Gasteiger partial charge in [0.05, 0.1) is 0 Å². The van der Waals surface area contributed by atoms with E-state index in [-0.39, 0.29) is 35.9 Å². The average Bonchev–Trinajstić information content (AvgIpc) is 2.49. The zero-order valence-corrected chi connectivity index (χ0v) is 13.9. The van der Waals surface area contributed by atoms with Gasteiger partial charge in [-0.05, 0) is 31.1 Å². The summed E-state index contributed by atoms with van der Waals surface area (Å²) in [5.41, 5.74) is 0. The predicted molar refractivity (Wildman–Crippen MR) is 83.7 cm³/mol. The number of nitrogens with one attached hydrogen (secondary N) is 1. The first-order valence-corrected chi connectivity index (χ1v) is 8.63. The highest BCUT2D eigenvalue weighted by Gasteiger charge is 2.45. The maximum Gasteiger partial charge on any atom is 0.246 e. The van der Waals surface area contributed by atoms with Crippen molar-refractivity contribution in [1.82, 2.24) is 10.2 Å². The highest BCUT2D eigenvalue weighted by atomic mass is 16.2. The number of nitrogens with zero attached hydrogens (tertiary/aromatic N) is 1. The van der Waals surface area contributed by atoms with Crippen LogP contribution in [0.2, 0.25) is 0 Å². The van der Waals surface area contributed by atoms with E-state index in [4.69, 9.17) is 0 Å². The maximum atomic E-state index is 13.0. The van der Waals surface area contributed by atoms with Gasteiger partial charge in [-0.15, -0.1) is 0 Å². The lowest BCUT2D eigenvalue weighted by atomic mass is 9.82. The van der Waals surface area contributed by atoms with Gasteiger partial charge in [-0.2, -0.15) is 0 Å². The maximum absolute atomic E-state index is 13.0. The molecule has 0 bridgehead atoms. The van der Waals surface area contributed by atoms with Crippen LogP contribution in [0.25, 0.3) is 0 Å². The Labute approximate surface area is 128 Å². The second-order valence-corrected chi connectivity index (χ2v) is 6.87. The smallest absolute Gasteiger partial charge is 0.246 e. The molecule has 2 rings (SSSR count). The van der Waals surface area contributed by atoms with E-state index in [0.717, 1.165) is 12.8 Å². The molecule has 0 spiro atoms. The van der Waals surface area contributed by atoms with Gasteiger partial charge in [0.1, 0.15) is 12.1 Å². The normalized spacial score (nSPS) is 35.5. The summed E-state index contributed by atoms with van der Waals surface area (Å²) >= 11 is 0. The number of carbonyl (C=O) groups excluding carboxylic acids is 2. The van der Waals surface area contributed by atoms with Gasteiger partial charge in [0.2, 0.25) is 11.8 Å². The first-order chi connectivity index (χ1) is 10.0. The van der Waals surface area contributed by atoms with Crippen LogP contribution in [0.5, 0.6) is 0 Å². The molecule has 1 saturated carbocycles. The zero-order valence-electron chi connectivity index (χ0n) is 13.9. The van der Waals surface area contributed by atoms with Crippen LogP contribution < -0.4 is 5.32 Å². The molecule has 0 radical (unpaired) electrons. The molecule has 2 aliphatic rings. The number of hydrogen-bond acceptors (Lipinski definition) is 2. The molecule has 1 aliphatic carbocycles. The van der Waals surface area contributed by atoms with E-state index in [1.807, 2.05) is 11.8 Å². The Balaban J connectivity index is 2.28. The molecule has 0 aromatic carbocycles. The number of hydrogen-bond donors (Lipinski definition) is 1. The third-order valence-electron chi connectivity index (χ3n) is 5.48. The summed E-state index contributed by atoms with van der Waals surface area (Å²) in [6, 6.07) is -0.364. The fourth-order valence-corrected chi connectivity index (χ4v) is 3.86. The van der Waals surface area contributed by atoms with Gasteiger partial charge in [-0.1, -0.05) is 47.0 Å². The Morgan fingerprint density at radius 2 is 1.90 bits per heavy atom. The average molecular weight is 294 g/mol. The highest BCUT2D eigenvalue weighted by molar-refractivity contribution is 5.97. The Morgan fingerprint density at radius 1 is 1.24 bits per heavy atom. The van der Waals surface area contributed by atoms with Gasteiger partial charge >= 0.3 is 0 Å². The van der Waals surface area contributed by atoms with Crippen LogP contribution in [0.4, 0.5) is 0 Å². The molecule has 1 aliphatic heterocycles. The molecular formula is C17H30N2O2. The molecular weight excluding hydrogens is 264 g/mol. The van der Waals surface area contributed by atoms with E-state index in [2.05, 4.69) is 26.1 Å². The molecule has 4 heteroatoms. The van der Waals surface area contributed by atoms with Crippen LogP contribution in [0.3, 0.4) is 0 Å². The second kappa shape index (κ2) is 6.80. The van der Waals surface area contributed by atoms with Crippen LogP contribution in [0, 0.1) is 11.8 Å². The van der Waals surface area contributed by atoms with Crippen molar-refractivity contribution >= 4 is 11.8 Å². The molecule has 21 heavy (non-hydrogen) atoms. The SMILES string of the molecule is CCC(C)C1NC(=O)C(CC)N(C2CCCCC2C)C1=O. The van der Waals surface area contributed by atoms with Crippen LogP contribution in [-0.4, -0.2) is 34.8 Å². The zero-order chi connectivity index (χ0) is 15.6. The Morgan fingerprint density at radius 3 is 2.48 bits per heavy atom. The monoisotopic (exact) mass is 294 g/mol. The van der Waals surface area contributed by atoms with Crippen LogP contribution in [-0.2, 0) is 9.59 Å². The third kappa shape index (κ3) is 3.09. The molecule has 0 aromatic rings.